The van der Waals surface area contributed by atoms with Gasteiger partial charge in [0, 0.05) is 5.69 Å². The van der Waals surface area contributed by atoms with Crippen molar-refractivity contribution < 1.29 is 9.31 Å². The van der Waals surface area contributed by atoms with Crippen LogP contribution in [0.1, 0.15) is 0 Å². The highest BCUT2D eigenvalue weighted by Crippen LogP contribution is 2.32. The van der Waals surface area contributed by atoms with Gasteiger partial charge in [-0.2, -0.15) is 0 Å². The normalized spacial score (nSPS) is 10.1. The summed E-state index contributed by atoms with van der Waals surface area (Å²) in [6, 6.07) is 10.1. The Balaban J connectivity index is 2.37. The lowest BCUT2D eigenvalue weighted by molar-refractivity contribution is -0.383. The minimum absolute atomic E-state index is 0.0760. The molecular weight excluding hydrogens is 237 g/mol. The Morgan fingerprint density at radius 2 is 1.83 bits per heavy atom. The van der Waals surface area contributed by atoms with Crippen molar-refractivity contribution in [1.29, 1.82) is 0 Å². The Labute approximate surface area is 102 Å². The van der Waals surface area contributed by atoms with E-state index in [1.807, 2.05) is 0 Å². The molecule has 0 radical (unpaired) electrons. The van der Waals surface area contributed by atoms with Gasteiger partial charge in [0.1, 0.15) is 17.2 Å². The summed E-state index contributed by atoms with van der Waals surface area (Å²) in [6.45, 7) is 0. The van der Waals surface area contributed by atoms with Crippen LogP contribution in [0.4, 0.5) is 27.1 Å². The summed E-state index contributed by atoms with van der Waals surface area (Å²) in [5, 5.41) is 13.7. The van der Waals surface area contributed by atoms with Gasteiger partial charge >= 0.3 is 5.69 Å². The second kappa shape index (κ2) is 4.70. The molecule has 5 nitrogen and oxygen atoms in total. The van der Waals surface area contributed by atoms with Gasteiger partial charge in [-0.3, -0.25) is 10.1 Å². The lowest BCUT2D eigenvalue weighted by Crippen LogP contribution is -2.00. The van der Waals surface area contributed by atoms with E-state index in [2.05, 4.69) is 5.32 Å². The van der Waals surface area contributed by atoms with Crippen molar-refractivity contribution in [2.45, 2.75) is 0 Å². The molecule has 2 aromatic rings. The average molecular weight is 247 g/mol. The third kappa shape index (κ3) is 2.37. The number of nitrogens with one attached hydrogen (secondary N) is 1. The predicted molar refractivity (Wildman–Crippen MR) is 67.2 cm³/mol. The molecule has 0 amide bonds. The molecule has 0 spiro atoms. The topological polar surface area (TPSA) is 81.2 Å². The Morgan fingerprint density at radius 3 is 2.44 bits per heavy atom. The van der Waals surface area contributed by atoms with E-state index in [1.54, 1.807) is 6.07 Å². The smallest absolute Gasteiger partial charge is 0.315 e. The first-order valence-corrected chi connectivity index (χ1v) is 5.13. The Kier molecular flexibility index (Phi) is 3.09. The van der Waals surface area contributed by atoms with Gasteiger partial charge in [-0.25, -0.2) is 4.39 Å². The Morgan fingerprint density at radius 1 is 1.17 bits per heavy atom. The zero-order chi connectivity index (χ0) is 13.1. The monoisotopic (exact) mass is 247 g/mol. The molecule has 0 unspecified atom stereocenters. The maximum atomic E-state index is 12.7. The maximum Gasteiger partial charge on any atom is 0.315 e. The van der Waals surface area contributed by atoms with Crippen LogP contribution in [0.15, 0.2) is 42.5 Å². The van der Waals surface area contributed by atoms with Gasteiger partial charge in [-0.15, -0.1) is 0 Å². The molecule has 92 valence electrons. The van der Waals surface area contributed by atoms with Gasteiger partial charge in [-0.05, 0) is 36.4 Å². The molecule has 0 saturated carbocycles. The van der Waals surface area contributed by atoms with Crippen LogP contribution in [0.3, 0.4) is 0 Å². The number of halogens is 1. The van der Waals surface area contributed by atoms with Crippen LogP contribution in [0.5, 0.6) is 0 Å². The first-order chi connectivity index (χ1) is 8.58. The van der Waals surface area contributed by atoms with Crippen molar-refractivity contribution in [2.75, 3.05) is 11.1 Å². The van der Waals surface area contributed by atoms with E-state index < -0.39 is 4.92 Å². The summed E-state index contributed by atoms with van der Waals surface area (Å²) in [6.07, 6.45) is 0. The molecule has 2 rings (SSSR count). The van der Waals surface area contributed by atoms with Gasteiger partial charge < -0.3 is 11.1 Å². The van der Waals surface area contributed by atoms with Crippen molar-refractivity contribution >= 4 is 22.7 Å². The van der Waals surface area contributed by atoms with Gasteiger partial charge in [0.05, 0.1) is 4.92 Å². The molecule has 6 heteroatoms. The molecule has 2 aromatic carbocycles. The fraction of sp³-hybridized carbons (Fsp3) is 0. The second-order valence-electron chi connectivity index (χ2n) is 3.63. The predicted octanol–water partition coefficient (Wildman–Crippen LogP) is 3.06. The highest BCUT2D eigenvalue weighted by molar-refractivity contribution is 5.78. The number of nitro groups is 1. The van der Waals surface area contributed by atoms with Crippen LogP contribution >= 0.6 is 0 Å². The largest absolute Gasteiger partial charge is 0.393 e. The Bertz CT molecular complexity index is 584. The minimum Gasteiger partial charge on any atom is -0.393 e. The van der Waals surface area contributed by atoms with E-state index >= 15 is 0 Å². The molecule has 0 aliphatic rings. The number of benzene rings is 2. The zero-order valence-corrected chi connectivity index (χ0v) is 9.26. The van der Waals surface area contributed by atoms with Crippen LogP contribution in [-0.2, 0) is 0 Å². The number of hydrogen-bond donors (Lipinski definition) is 2. The van der Waals surface area contributed by atoms with Gasteiger partial charge in [0.15, 0.2) is 0 Å². The molecule has 0 aliphatic carbocycles. The number of nitrogens with two attached hydrogens (primary N) is 1. The molecular formula is C12H10FN3O2. The van der Waals surface area contributed by atoms with Crippen LogP contribution in [-0.4, -0.2) is 4.92 Å². The molecule has 0 aliphatic heterocycles. The van der Waals surface area contributed by atoms with E-state index in [9.17, 15) is 14.5 Å². The number of para-hydroxylation sites is 1. The standard InChI is InChI=1S/C12H10FN3O2/c13-8-4-6-9(7-5-8)15-11-3-1-2-10(14)12(11)16(17)18/h1-7,15H,14H2. The van der Waals surface area contributed by atoms with E-state index in [-0.39, 0.29) is 22.9 Å². The first kappa shape index (κ1) is 11.8. The number of anilines is 3. The quantitative estimate of drug-likeness (QED) is 0.496. The fourth-order valence-electron chi connectivity index (χ4n) is 1.55. The molecule has 0 aromatic heterocycles. The third-order valence-electron chi connectivity index (χ3n) is 2.37. The van der Waals surface area contributed by atoms with E-state index in [4.69, 9.17) is 5.73 Å². The molecule has 0 heterocycles. The molecule has 0 fully saturated rings. The first-order valence-electron chi connectivity index (χ1n) is 5.13. The molecule has 0 bridgehead atoms. The van der Waals surface area contributed by atoms with Gasteiger partial charge in [0.25, 0.3) is 0 Å². The average Bonchev–Trinajstić information content (AvgIpc) is 2.32. The fourth-order valence-corrected chi connectivity index (χ4v) is 1.55. The number of nitrogen functional groups attached to an aromatic ring is 1. The summed E-state index contributed by atoms with van der Waals surface area (Å²) < 4.78 is 12.7. The van der Waals surface area contributed by atoms with Crippen LogP contribution in [0.2, 0.25) is 0 Å². The number of hydrogen-bond acceptors (Lipinski definition) is 4. The summed E-state index contributed by atoms with van der Waals surface area (Å²) in [5.74, 6) is -0.373. The summed E-state index contributed by atoms with van der Waals surface area (Å²) >= 11 is 0. The van der Waals surface area contributed by atoms with Gasteiger partial charge in [-0.1, -0.05) is 6.07 Å². The van der Waals surface area contributed by atoms with E-state index in [1.165, 1.54) is 36.4 Å². The lowest BCUT2D eigenvalue weighted by atomic mass is 10.2. The zero-order valence-electron chi connectivity index (χ0n) is 9.26. The van der Waals surface area contributed by atoms with E-state index in [0.717, 1.165) is 0 Å². The number of nitro benzene ring substituents is 1. The van der Waals surface area contributed by atoms with Crippen molar-refractivity contribution in [3.05, 3.63) is 58.4 Å². The summed E-state index contributed by atoms with van der Waals surface area (Å²) in [4.78, 5) is 10.4. The number of rotatable bonds is 3. The lowest BCUT2D eigenvalue weighted by Gasteiger charge is -2.08. The summed E-state index contributed by atoms with van der Waals surface area (Å²) in [7, 11) is 0. The Hall–Kier alpha value is -2.63. The minimum atomic E-state index is -0.554. The highest BCUT2D eigenvalue weighted by Gasteiger charge is 2.17. The molecule has 0 atom stereocenters. The third-order valence-corrected chi connectivity index (χ3v) is 2.37. The molecule has 0 saturated heterocycles. The summed E-state index contributed by atoms with van der Waals surface area (Å²) in [5.41, 5.74) is 6.26. The van der Waals surface area contributed by atoms with Crippen LogP contribution in [0.25, 0.3) is 0 Å². The van der Waals surface area contributed by atoms with Crippen LogP contribution < -0.4 is 11.1 Å². The van der Waals surface area contributed by atoms with Gasteiger partial charge in [0.2, 0.25) is 0 Å². The van der Waals surface area contributed by atoms with Crippen LogP contribution in [0, 0.1) is 15.9 Å². The van der Waals surface area contributed by atoms with E-state index in [0.29, 0.717) is 5.69 Å². The van der Waals surface area contributed by atoms with Crippen molar-refractivity contribution in [1.82, 2.24) is 0 Å². The molecule has 18 heavy (non-hydrogen) atoms. The number of nitrogens with zero attached hydrogens (tertiary/aromatic N) is 1. The second-order valence-corrected chi connectivity index (χ2v) is 3.63. The molecule has 3 N–H and O–H groups in total. The maximum absolute atomic E-state index is 12.7. The van der Waals surface area contributed by atoms with Crippen molar-refractivity contribution in [2.24, 2.45) is 0 Å². The van der Waals surface area contributed by atoms with Crippen molar-refractivity contribution in [3.8, 4) is 0 Å². The highest BCUT2D eigenvalue weighted by atomic mass is 19.1. The van der Waals surface area contributed by atoms with Crippen molar-refractivity contribution in [3.63, 3.8) is 0 Å². The SMILES string of the molecule is Nc1cccc(Nc2ccc(F)cc2)c1[N+](=O)[O-].